The molecule has 3 heteroatoms. The van der Waals surface area contributed by atoms with Gasteiger partial charge in [0, 0.05) is 5.22 Å². The topological polar surface area (TPSA) is 9.23 Å². The van der Waals surface area contributed by atoms with Gasteiger partial charge in [0.25, 0.3) is 0 Å². The van der Waals surface area contributed by atoms with Gasteiger partial charge in [-0.25, -0.2) is 0 Å². The lowest BCUT2D eigenvalue weighted by atomic mass is 10.5. The van der Waals surface area contributed by atoms with Gasteiger partial charge >= 0.3 is 0 Å². The first-order chi connectivity index (χ1) is 6.08. The summed E-state index contributed by atoms with van der Waals surface area (Å²) in [6.45, 7) is 21.1. The molecule has 0 aromatic rings. The molecule has 0 heterocycles. The largest absolute Gasteiger partial charge is 0.411 e. The van der Waals surface area contributed by atoms with Crippen LogP contribution < -0.4 is 0 Å². The van der Waals surface area contributed by atoms with E-state index in [1.807, 2.05) is 5.70 Å². The summed E-state index contributed by atoms with van der Waals surface area (Å²) in [5, 5.41) is -0.0569. The lowest BCUT2D eigenvalue weighted by molar-refractivity contribution is 0.181. The SMILES string of the molecule is C=C[Si](C)(C)OC(C)(C)[Si](C)(C)C=C. The van der Waals surface area contributed by atoms with Crippen molar-refractivity contribution in [3.63, 3.8) is 0 Å². The zero-order valence-electron chi connectivity index (χ0n) is 10.5. The zero-order valence-corrected chi connectivity index (χ0v) is 12.5. The molecule has 0 saturated carbocycles. The summed E-state index contributed by atoms with van der Waals surface area (Å²) in [4.78, 5) is 0. The van der Waals surface area contributed by atoms with Crippen LogP contribution in [-0.4, -0.2) is 21.6 Å². The molecule has 0 rings (SSSR count). The normalized spacial score (nSPS) is 13.9. The van der Waals surface area contributed by atoms with Crippen LogP contribution in [0.3, 0.4) is 0 Å². The van der Waals surface area contributed by atoms with E-state index in [1.54, 1.807) is 0 Å². The van der Waals surface area contributed by atoms with Gasteiger partial charge in [-0.1, -0.05) is 24.5 Å². The molecule has 1 nitrogen and oxygen atoms in total. The van der Waals surface area contributed by atoms with Gasteiger partial charge in [0.1, 0.15) is 8.07 Å². The van der Waals surface area contributed by atoms with Gasteiger partial charge in [-0.3, -0.25) is 0 Å². The van der Waals surface area contributed by atoms with E-state index in [4.69, 9.17) is 4.43 Å². The zero-order chi connectivity index (χ0) is 11.6. The second kappa shape index (κ2) is 4.17. The van der Waals surface area contributed by atoms with E-state index in [0.717, 1.165) is 0 Å². The van der Waals surface area contributed by atoms with Crippen LogP contribution in [0.15, 0.2) is 24.6 Å². The molecule has 0 saturated heterocycles. The van der Waals surface area contributed by atoms with Crippen molar-refractivity contribution in [2.24, 2.45) is 0 Å². The molecule has 0 amide bonds. The van der Waals surface area contributed by atoms with Gasteiger partial charge in [0.2, 0.25) is 8.32 Å². The predicted molar refractivity (Wildman–Crippen MR) is 70.5 cm³/mol. The lowest BCUT2D eigenvalue weighted by Crippen LogP contribution is -2.55. The van der Waals surface area contributed by atoms with Gasteiger partial charge in [0.15, 0.2) is 0 Å². The maximum atomic E-state index is 6.24. The van der Waals surface area contributed by atoms with Gasteiger partial charge in [0.05, 0.1) is 0 Å². The van der Waals surface area contributed by atoms with Crippen LogP contribution in [0.1, 0.15) is 13.8 Å². The van der Waals surface area contributed by atoms with Crippen LogP contribution in [-0.2, 0) is 4.43 Å². The molecule has 0 aliphatic rings. The Morgan fingerprint density at radius 1 is 1.00 bits per heavy atom. The van der Waals surface area contributed by atoms with E-state index in [2.05, 4.69) is 58.9 Å². The quantitative estimate of drug-likeness (QED) is 0.652. The Hall–Kier alpha value is -0.126. The number of rotatable bonds is 5. The van der Waals surface area contributed by atoms with E-state index in [-0.39, 0.29) is 5.22 Å². The van der Waals surface area contributed by atoms with E-state index >= 15 is 0 Å². The van der Waals surface area contributed by atoms with Crippen molar-refractivity contribution >= 4 is 16.4 Å². The van der Waals surface area contributed by atoms with Crippen LogP contribution in [0, 0.1) is 0 Å². The van der Waals surface area contributed by atoms with Crippen molar-refractivity contribution in [2.45, 2.75) is 45.3 Å². The summed E-state index contributed by atoms with van der Waals surface area (Å²) in [5.74, 6) is 0. The van der Waals surface area contributed by atoms with Crippen LogP contribution in [0.4, 0.5) is 0 Å². The first kappa shape index (κ1) is 13.9. The molecule has 0 radical (unpaired) electrons. The van der Waals surface area contributed by atoms with E-state index in [1.165, 1.54) is 0 Å². The first-order valence-electron chi connectivity index (χ1n) is 5.05. The van der Waals surface area contributed by atoms with Crippen LogP contribution in [0.5, 0.6) is 0 Å². The molecule has 0 aliphatic heterocycles. The third-order valence-corrected chi connectivity index (χ3v) is 9.52. The van der Waals surface area contributed by atoms with Crippen LogP contribution in [0.2, 0.25) is 26.2 Å². The van der Waals surface area contributed by atoms with Gasteiger partial charge in [-0.2, -0.15) is 0 Å². The van der Waals surface area contributed by atoms with Crippen molar-refractivity contribution in [3.8, 4) is 0 Å². The van der Waals surface area contributed by atoms with E-state index < -0.39 is 16.4 Å². The fourth-order valence-electron chi connectivity index (χ4n) is 1.08. The Bertz CT molecular complexity index is 229. The summed E-state index contributed by atoms with van der Waals surface area (Å²) in [7, 11) is -3.19. The summed E-state index contributed by atoms with van der Waals surface area (Å²) < 4.78 is 6.24. The molecular formula is C11H24OSi2. The van der Waals surface area contributed by atoms with Gasteiger partial charge in [-0.15, -0.1) is 13.2 Å². The second-order valence-electron chi connectivity index (χ2n) is 5.35. The Morgan fingerprint density at radius 3 is 1.71 bits per heavy atom. The fourth-order valence-corrected chi connectivity index (χ4v) is 4.81. The second-order valence-corrected chi connectivity index (χ2v) is 14.2. The minimum Gasteiger partial charge on any atom is -0.411 e. The molecule has 0 N–H and O–H groups in total. The van der Waals surface area contributed by atoms with Crippen molar-refractivity contribution < 1.29 is 4.43 Å². The molecule has 14 heavy (non-hydrogen) atoms. The highest BCUT2D eigenvalue weighted by molar-refractivity contribution is 6.86. The summed E-state index contributed by atoms with van der Waals surface area (Å²) >= 11 is 0. The molecule has 0 aromatic carbocycles. The maximum absolute atomic E-state index is 6.24. The smallest absolute Gasteiger partial charge is 0.210 e. The Morgan fingerprint density at radius 2 is 1.43 bits per heavy atom. The monoisotopic (exact) mass is 228 g/mol. The molecule has 82 valence electrons. The third kappa shape index (κ3) is 3.22. The van der Waals surface area contributed by atoms with Crippen molar-refractivity contribution in [2.75, 3.05) is 0 Å². The lowest BCUT2D eigenvalue weighted by Gasteiger charge is -2.42. The van der Waals surface area contributed by atoms with Crippen LogP contribution >= 0.6 is 0 Å². The summed E-state index contributed by atoms with van der Waals surface area (Å²) in [5.41, 5.74) is 4.09. The van der Waals surface area contributed by atoms with Crippen molar-refractivity contribution in [3.05, 3.63) is 24.6 Å². The van der Waals surface area contributed by atoms with E-state index in [0.29, 0.717) is 0 Å². The molecule has 0 aromatic heterocycles. The standard InChI is InChI=1S/C11H24OSi2/c1-9-13(5,6)11(3,4)12-14(7,8)10-2/h9-10H,1-2H2,3-8H3. The molecular weight excluding hydrogens is 204 g/mol. The molecule has 0 fully saturated rings. The summed E-state index contributed by atoms with van der Waals surface area (Å²) in [6.07, 6.45) is 0. The molecule has 0 aliphatic carbocycles. The number of hydrogen-bond donors (Lipinski definition) is 0. The maximum Gasteiger partial charge on any atom is 0.210 e. The molecule has 0 spiro atoms. The molecule has 0 atom stereocenters. The van der Waals surface area contributed by atoms with Crippen molar-refractivity contribution in [1.82, 2.24) is 0 Å². The average molecular weight is 228 g/mol. The highest BCUT2D eigenvalue weighted by atomic mass is 28.4. The van der Waals surface area contributed by atoms with Crippen LogP contribution in [0.25, 0.3) is 0 Å². The minimum absolute atomic E-state index is 0.0569. The molecule has 0 bridgehead atoms. The highest BCUT2D eigenvalue weighted by Crippen LogP contribution is 2.28. The van der Waals surface area contributed by atoms with Crippen molar-refractivity contribution in [1.29, 1.82) is 0 Å². The minimum atomic E-state index is -1.69. The Labute approximate surface area is 91.0 Å². The Balaban J connectivity index is 4.81. The highest BCUT2D eigenvalue weighted by Gasteiger charge is 2.41. The first-order valence-corrected chi connectivity index (χ1v) is 11.1. The van der Waals surface area contributed by atoms with Gasteiger partial charge in [-0.05, 0) is 26.9 Å². The third-order valence-electron chi connectivity index (χ3n) is 3.07. The van der Waals surface area contributed by atoms with E-state index in [9.17, 15) is 0 Å². The number of hydrogen-bond acceptors (Lipinski definition) is 1. The fraction of sp³-hybridized carbons (Fsp3) is 0.636. The average Bonchev–Trinajstić information content (AvgIpc) is 2.02. The molecule has 0 unspecified atom stereocenters. The van der Waals surface area contributed by atoms with Gasteiger partial charge < -0.3 is 4.43 Å². The Kier molecular flexibility index (Phi) is 4.13. The predicted octanol–water partition coefficient (Wildman–Crippen LogP) is 3.68. The summed E-state index contributed by atoms with van der Waals surface area (Å²) in [6, 6.07) is 0.